The first-order valence-corrected chi connectivity index (χ1v) is 13.1. The van der Waals surface area contributed by atoms with E-state index in [0.29, 0.717) is 27.9 Å². The minimum Gasteiger partial charge on any atom is -0.462 e. The summed E-state index contributed by atoms with van der Waals surface area (Å²) < 4.78 is 30.1. The summed E-state index contributed by atoms with van der Waals surface area (Å²) in [5.41, 5.74) is 1.70. The van der Waals surface area contributed by atoms with Crippen molar-refractivity contribution in [2.45, 2.75) is 25.1 Å². The van der Waals surface area contributed by atoms with Gasteiger partial charge >= 0.3 is 5.97 Å². The van der Waals surface area contributed by atoms with Crippen LogP contribution in [0.4, 0.5) is 15.8 Å². The van der Waals surface area contributed by atoms with E-state index >= 15 is 0 Å². The van der Waals surface area contributed by atoms with E-state index in [-0.39, 0.29) is 43.9 Å². The first kappa shape index (κ1) is 26.2. The van der Waals surface area contributed by atoms with Crippen molar-refractivity contribution in [1.29, 1.82) is 0 Å². The molecule has 2 aliphatic rings. The van der Waals surface area contributed by atoms with Crippen molar-refractivity contribution in [3.63, 3.8) is 0 Å². The highest BCUT2D eigenvalue weighted by Gasteiger charge is 2.39. The topological polar surface area (TPSA) is 107 Å². The largest absolute Gasteiger partial charge is 0.462 e. The van der Waals surface area contributed by atoms with Crippen LogP contribution in [-0.4, -0.2) is 46.5 Å². The number of aliphatic imine (C=N–C) groups is 1. The monoisotopic (exact) mass is 549 g/mol. The van der Waals surface area contributed by atoms with Crippen LogP contribution in [0.15, 0.2) is 71.7 Å². The molecule has 1 fully saturated rings. The zero-order valence-corrected chi connectivity index (χ0v) is 21.7. The number of nitrogens with one attached hydrogen (secondary N) is 1. The van der Waals surface area contributed by atoms with E-state index in [9.17, 15) is 18.8 Å². The van der Waals surface area contributed by atoms with Crippen LogP contribution in [0.25, 0.3) is 0 Å². The lowest BCUT2D eigenvalue weighted by molar-refractivity contribution is -0.128. The van der Waals surface area contributed by atoms with Crippen molar-refractivity contribution < 1.29 is 33.0 Å². The Kier molecular flexibility index (Phi) is 7.78. The van der Waals surface area contributed by atoms with Crippen LogP contribution in [0.1, 0.15) is 29.3 Å². The molecular weight excluding hydrogens is 525 g/mol. The van der Waals surface area contributed by atoms with Gasteiger partial charge in [-0.25, -0.2) is 14.2 Å². The van der Waals surface area contributed by atoms with Gasteiger partial charge < -0.3 is 19.5 Å². The van der Waals surface area contributed by atoms with Crippen molar-refractivity contribution in [2.75, 3.05) is 18.7 Å². The normalized spacial score (nSPS) is 17.0. The Morgan fingerprint density at radius 2 is 1.87 bits per heavy atom. The SMILES string of the molecule is CCOC(=O)c1ccc(NC(=O)CC2SC(=Nc3ccccc3F)N(Cc3ccc4c(c3)OCO4)C2=O)cc1. The smallest absolute Gasteiger partial charge is 0.338 e. The van der Waals surface area contributed by atoms with Gasteiger partial charge in [0.25, 0.3) is 0 Å². The van der Waals surface area contributed by atoms with E-state index in [1.807, 2.05) is 6.07 Å². The molecule has 0 radical (unpaired) electrons. The van der Waals surface area contributed by atoms with Gasteiger partial charge in [0.05, 0.1) is 18.7 Å². The first-order valence-electron chi connectivity index (χ1n) is 12.2. The lowest BCUT2D eigenvalue weighted by Gasteiger charge is -2.17. The molecule has 1 N–H and O–H groups in total. The number of benzene rings is 3. The Balaban J connectivity index is 1.32. The number of halogens is 1. The third-order valence-electron chi connectivity index (χ3n) is 5.92. The molecule has 39 heavy (non-hydrogen) atoms. The number of hydrogen-bond acceptors (Lipinski definition) is 8. The number of anilines is 1. The molecule has 3 aromatic rings. The van der Waals surface area contributed by atoms with E-state index in [1.54, 1.807) is 55.5 Å². The summed E-state index contributed by atoms with van der Waals surface area (Å²) >= 11 is 1.11. The Bertz CT molecular complexity index is 1450. The quantitative estimate of drug-likeness (QED) is 0.399. The maximum absolute atomic E-state index is 14.4. The fraction of sp³-hybridized carbons (Fsp3) is 0.214. The molecule has 2 aliphatic heterocycles. The predicted molar refractivity (Wildman–Crippen MR) is 144 cm³/mol. The Labute approximate surface area is 228 Å². The second kappa shape index (κ2) is 11.6. The number of thioether (sulfide) groups is 1. The van der Waals surface area contributed by atoms with Crippen molar-refractivity contribution >= 4 is 46.1 Å². The molecule has 2 heterocycles. The maximum Gasteiger partial charge on any atom is 0.338 e. The molecule has 0 aromatic heterocycles. The molecule has 1 unspecified atom stereocenters. The Hall–Kier alpha value is -4.38. The number of rotatable bonds is 8. The zero-order chi connectivity index (χ0) is 27.4. The number of carbonyl (C=O) groups excluding carboxylic acids is 3. The molecular formula is C28H24FN3O6S. The highest BCUT2D eigenvalue weighted by atomic mass is 32.2. The van der Waals surface area contributed by atoms with Crippen molar-refractivity contribution in [2.24, 2.45) is 4.99 Å². The summed E-state index contributed by atoms with van der Waals surface area (Å²) in [5.74, 6) is -0.489. The summed E-state index contributed by atoms with van der Waals surface area (Å²) in [6, 6.07) is 17.7. The summed E-state index contributed by atoms with van der Waals surface area (Å²) in [4.78, 5) is 44.0. The van der Waals surface area contributed by atoms with Gasteiger partial charge in [-0.2, -0.15) is 0 Å². The number of nitrogens with zero attached hydrogens (tertiary/aromatic N) is 2. The Morgan fingerprint density at radius 3 is 2.64 bits per heavy atom. The van der Waals surface area contributed by atoms with E-state index in [2.05, 4.69) is 10.3 Å². The molecule has 3 aromatic carbocycles. The fourth-order valence-corrected chi connectivity index (χ4v) is 5.17. The van der Waals surface area contributed by atoms with E-state index in [0.717, 1.165) is 17.3 Å². The highest BCUT2D eigenvalue weighted by Crippen LogP contribution is 2.36. The van der Waals surface area contributed by atoms with E-state index in [4.69, 9.17) is 14.2 Å². The first-order chi connectivity index (χ1) is 18.9. The summed E-state index contributed by atoms with van der Waals surface area (Å²) in [5, 5.41) is 2.28. The van der Waals surface area contributed by atoms with Crippen molar-refractivity contribution in [3.05, 3.63) is 83.7 Å². The minimum atomic E-state index is -0.761. The lowest BCUT2D eigenvalue weighted by atomic mass is 10.1. The lowest BCUT2D eigenvalue weighted by Crippen LogP contribution is -2.33. The van der Waals surface area contributed by atoms with Gasteiger partial charge in [0.1, 0.15) is 16.8 Å². The van der Waals surface area contributed by atoms with Crippen LogP contribution >= 0.6 is 11.8 Å². The zero-order valence-electron chi connectivity index (χ0n) is 20.9. The average Bonchev–Trinajstić information content (AvgIpc) is 3.50. The van der Waals surface area contributed by atoms with E-state index < -0.39 is 17.0 Å². The van der Waals surface area contributed by atoms with Gasteiger partial charge in [0, 0.05) is 12.1 Å². The Morgan fingerprint density at radius 1 is 1.10 bits per heavy atom. The second-order valence-electron chi connectivity index (χ2n) is 8.61. The van der Waals surface area contributed by atoms with Gasteiger partial charge in [-0.1, -0.05) is 30.0 Å². The number of amidine groups is 1. The molecule has 0 bridgehead atoms. The summed E-state index contributed by atoms with van der Waals surface area (Å²) in [6.07, 6.45) is -0.128. The number of esters is 1. The number of fused-ring (bicyclic) bond motifs is 1. The molecule has 5 rings (SSSR count). The number of ether oxygens (including phenoxy) is 3. The van der Waals surface area contributed by atoms with Crippen molar-refractivity contribution in [3.8, 4) is 11.5 Å². The van der Waals surface area contributed by atoms with Crippen LogP contribution < -0.4 is 14.8 Å². The number of amides is 2. The molecule has 0 saturated carbocycles. The van der Waals surface area contributed by atoms with Gasteiger partial charge in [0.15, 0.2) is 16.7 Å². The molecule has 1 saturated heterocycles. The van der Waals surface area contributed by atoms with Gasteiger partial charge in [-0.05, 0) is 61.0 Å². The van der Waals surface area contributed by atoms with Crippen LogP contribution in [0.2, 0.25) is 0 Å². The average molecular weight is 550 g/mol. The van der Waals surface area contributed by atoms with Crippen LogP contribution in [0.5, 0.6) is 11.5 Å². The van der Waals surface area contributed by atoms with Crippen LogP contribution in [-0.2, 0) is 20.9 Å². The summed E-state index contributed by atoms with van der Waals surface area (Å²) in [6.45, 7) is 2.26. The molecule has 200 valence electrons. The fourth-order valence-electron chi connectivity index (χ4n) is 4.02. The van der Waals surface area contributed by atoms with Gasteiger partial charge in [-0.15, -0.1) is 0 Å². The van der Waals surface area contributed by atoms with Gasteiger partial charge in [0.2, 0.25) is 18.6 Å². The third kappa shape index (κ3) is 6.04. The second-order valence-corrected chi connectivity index (χ2v) is 9.78. The summed E-state index contributed by atoms with van der Waals surface area (Å²) in [7, 11) is 0. The molecule has 0 spiro atoms. The van der Waals surface area contributed by atoms with Crippen LogP contribution in [0.3, 0.4) is 0 Å². The number of hydrogen-bond donors (Lipinski definition) is 1. The van der Waals surface area contributed by atoms with Gasteiger partial charge in [-0.3, -0.25) is 14.5 Å². The van der Waals surface area contributed by atoms with Crippen molar-refractivity contribution in [1.82, 2.24) is 4.90 Å². The minimum absolute atomic E-state index is 0.0928. The predicted octanol–water partition coefficient (Wildman–Crippen LogP) is 4.89. The number of carbonyl (C=O) groups is 3. The third-order valence-corrected chi connectivity index (χ3v) is 7.09. The molecule has 2 amide bonds. The number of para-hydroxylation sites is 1. The van der Waals surface area contributed by atoms with E-state index in [1.165, 1.54) is 17.0 Å². The van der Waals surface area contributed by atoms with Crippen LogP contribution in [0, 0.1) is 5.82 Å². The highest BCUT2D eigenvalue weighted by molar-refractivity contribution is 8.15. The molecule has 1 atom stereocenters. The maximum atomic E-state index is 14.4. The molecule has 9 nitrogen and oxygen atoms in total. The molecule has 0 aliphatic carbocycles. The standard InChI is InChI=1S/C28H24FN3O6S/c1-2-36-27(35)18-8-10-19(11-9-18)30-25(33)14-24-26(34)32(15-17-7-12-22-23(13-17)38-16-37-22)28(39-24)31-21-6-4-3-5-20(21)29/h3-13,24H,2,14-16H2,1H3,(H,30,33). The molecule has 11 heteroatoms.